The Kier molecular flexibility index (Phi) is 4.05. The molecule has 84 valence electrons. The van der Waals surface area contributed by atoms with Crippen LogP contribution in [0.2, 0.25) is 0 Å². The van der Waals surface area contributed by atoms with Crippen molar-refractivity contribution in [2.45, 2.75) is 25.0 Å². The van der Waals surface area contributed by atoms with Crippen LogP contribution in [0.1, 0.15) is 24.8 Å². The van der Waals surface area contributed by atoms with Gasteiger partial charge < -0.3 is 4.74 Å². The number of carbonyl (C=O) groups excluding carboxylic acids is 1. The maximum Gasteiger partial charge on any atom is 0.298 e. The molecule has 0 aromatic heterocycles. The van der Waals surface area contributed by atoms with Crippen molar-refractivity contribution in [2.24, 2.45) is 0 Å². The van der Waals surface area contributed by atoms with E-state index in [1.54, 1.807) is 11.8 Å². The van der Waals surface area contributed by atoms with Gasteiger partial charge in [-0.1, -0.05) is 30.3 Å². The van der Waals surface area contributed by atoms with Gasteiger partial charge in [0.15, 0.2) is 0 Å². The van der Waals surface area contributed by atoms with Crippen LogP contribution in [-0.2, 0) is 15.3 Å². The fourth-order valence-electron chi connectivity index (χ4n) is 1.77. The predicted molar refractivity (Wildman–Crippen MR) is 65.8 cm³/mol. The number of hydrogen-bond acceptors (Lipinski definition) is 3. The van der Waals surface area contributed by atoms with Crippen LogP contribution in [0, 0.1) is 0 Å². The molecule has 0 amide bonds. The van der Waals surface area contributed by atoms with Gasteiger partial charge in [-0.2, -0.15) is 0 Å². The zero-order chi connectivity index (χ0) is 11.2. The van der Waals surface area contributed by atoms with Crippen LogP contribution in [0.3, 0.4) is 0 Å². The minimum absolute atomic E-state index is 0.531. The molecule has 1 aromatic rings. The van der Waals surface area contributed by atoms with E-state index in [0.29, 0.717) is 6.47 Å². The van der Waals surface area contributed by atoms with Crippen molar-refractivity contribution in [3.63, 3.8) is 0 Å². The molecule has 1 aliphatic rings. The van der Waals surface area contributed by atoms with E-state index in [4.69, 9.17) is 4.74 Å². The molecule has 0 spiro atoms. The first kappa shape index (κ1) is 11.3. The highest BCUT2D eigenvalue weighted by Crippen LogP contribution is 2.36. The normalized spacial score (nSPS) is 15.2. The minimum Gasteiger partial charge on any atom is -0.432 e. The lowest BCUT2D eigenvalue weighted by Crippen LogP contribution is -1.88. The lowest BCUT2D eigenvalue weighted by Gasteiger charge is -2.04. The van der Waals surface area contributed by atoms with E-state index in [0.717, 1.165) is 30.8 Å². The largest absolute Gasteiger partial charge is 0.432 e. The fourth-order valence-corrected chi connectivity index (χ4v) is 2.90. The highest BCUT2D eigenvalue weighted by atomic mass is 32.2. The molecule has 0 atom stereocenters. The average molecular weight is 234 g/mol. The first-order chi connectivity index (χ1) is 7.90. The summed E-state index contributed by atoms with van der Waals surface area (Å²) in [7, 11) is 0. The first-order valence-corrected chi connectivity index (χ1v) is 6.38. The summed E-state index contributed by atoms with van der Waals surface area (Å²) in [6, 6.07) is 10.3. The van der Waals surface area contributed by atoms with E-state index in [-0.39, 0.29) is 0 Å². The number of benzene rings is 1. The Hall–Kier alpha value is -1.22. The molecule has 0 radical (unpaired) electrons. The molecule has 3 heteroatoms. The van der Waals surface area contributed by atoms with Crippen molar-refractivity contribution >= 4 is 18.2 Å². The van der Waals surface area contributed by atoms with Crippen molar-refractivity contribution in [2.75, 3.05) is 0 Å². The predicted octanol–water partition coefficient (Wildman–Crippen LogP) is 3.49. The van der Waals surface area contributed by atoms with Gasteiger partial charge in [0, 0.05) is 17.1 Å². The maximum atomic E-state index is 10.3. The Morgan fingerprint density at radius 1 is 1.25 bits per heavy atom. The third-order valence-corrected chi connectivity index (χ3v) is 3.82. The molecule has 0 unspecified atom stereocenters. The van der Waals surface area contributed by atoms with Gasteiger partial charge in [0.05, 0.1) is 0 Å². The molecule has 0 aliphatic heterocycles. The third-order valence-electron chi connectivity index (χ3n) is 2.56. The molecular weight excluding hydrogens is 220 g/mol. The highest BCUT2D eigenvalue weighted by molar-refractivity contribution is 8.02. The van der Waals surface area contributed by atoms with Crippen LogP contribution in [0.5, 0.6) is 0 Å². The summed E-state index contributed by atoms with van der Waals surface area (Å²) in [5.41, 5.74) is 1.30. The van der Waals surface area contributed by atoms with E-state index in [1.165, 1.54) is 10.5 Å². The Morgan fingerprint density at radius 2 is 2.06 bits per heavy atom. The summed E-state index contributed by atoms with van der Waals surface area (Å²) < 4.78 is 4.98. The number of thioether (sulfide) groups is 1. The van der Waals surface area contributed by atoms with E-state index in [2.05, 4.69) is 12.1 Å². The Balaban J connectivity index is 1.94. The van der Waals surface area contributed by atoms with E-state index in [1.807, 2.05) is 18.2 Å². The molecule has 0 saturated heterocycles. The topological polar surface area (TPSA) is 26.3 Å². The van der Waals surface area contributed by atoms with Gasteiger partial charge in [-0.25, -0.2) is 0 Å². The van der Waals surface area contributed by atoms with Crippen LogP contribution in [0.25, 0.3) is 0 Å². The summed E-state index contributed by atoms with van der Waals surface area (Å²) in [6.07, 6.45) is 3.04. The first-order valence-electron chi connectivity index (χ1n) is 5.39. The summed E-state index contributed by atoms with van der Waals surface area (Å²) in [5.74, 6) is 1.82. The van der Waals surface area contributed by atoms with Crippen molar-refractivity contribution in [1.82, 2.24) is 0 Å². The van der Waals surface area contributed by atoms with E-state index < -0.39 is 0 Å². The molecular formula is C13H14O2S. The number of ether oxygens (including phenoxy) is 1. The second kappa shape index (κ2) is 5.75. The molecule has 0 saturated carbocycles. The van der Waals surface area contributed by atoms with Gasteiger partial charge in [-0.3, -0.25) is 4.79 Å². The van der Waals surface area contributed by atoms with Crippen LogP contribution in [0.15, 0.2) is 41.0 Å². The summed E-state index contributed by atoms with van der Waals surface area (Å²) in [6.45, 7) is 0.531. The minimum atomic E-state index is 0.531. The average Bonchev–Trinajstić information content (AvgIpc) is 2.76. The second-order valence-corrected chi connectivity index (χ2v) is 4.76. The molecule has 16 heavy (non-hydrogen) atoms. The lowest BCUT2D eigenvalue weighted by molar-refractivity contribution is -0.125. The SMILES string of the molecule is O=COC1=C(SCc2ccccc2)CCC1. The van der Waals surface area contributed by atoms with Crippen LogP contribution < -0.4 is 0 Å². The summed E-state index contributed by atoms with van der Waals surface area (Å²) in [4.78, 5) is 11.5. The second-order valence-electron chi connectivity index (χ2n) is 3.69. The summed E-state index contributed by atoms with van der Waals surface area (Å²) in [5, 5.41) is 0. The van der Waals surface area contributed by atoms with Crippen molar-refractivity contribution in [3.8, 4) is 0 Å². The van der Waals surface area contributed by atoms with Gasteiger partial charge in [-0.05, 0) is 18.4 Å². The van der Waals surface area contributed by atoms with Gasteiger partial charge in [0.1, 0.15) is 5.76 Å². The molecule has 0 heterocycles. The van der Waals surface area contributed by atoms with Crippen LogP contribution >= 0.6 is 11.8 Å². The molecule has 1 aliphatic carbocycles. The van der Waals surface area contributed by atoms with Gasteiger partial charge in [0.25, 0.3) is 6.47 Å². The van der Waals surface area contributed by atoms with Crippen molar-refractivity contribution in [1.29, 1.82) is 0 Å². The maximum absolute atomic E-state index is 10.3. The van der Waals surface area contributed by atoms with Gasteiger partial charge in [-0.15, -0.1) is 11.8 Å². The Labute approximate surface area is 99.7 Å². The van der Waals surface area contributed by atoms with Crippen molar-refractivity contribution < 1.29 is 9.53 Å². The quantitative estimate of drug-likeness (QED) is 0.729. The molecule has 2 nitrogen and oxygen atoms in total. The van der Waals surface area contributed by atoms with Gasteiger partial charge >= 0.3 is 0 Å². The molecule has 1 aromatic carbocycles. The molecule has 0 bridgehead atoms. The lowest BCUT2D eigenvalue weighted by atomic mass is 10.2. The summed E-state index contributed by atoms with van der Waals surface area (Å²) >= 11 is 1.78. The van der Waals surface area contributed by atoms with E-state index in [9.17, 15) is 4.79 Å². The number of hydrogen-bond donors (Lipinski definition) is 0. The standard InChI is InChI=1S/C13H14O2S/c14-10-15-12-7-4-8-13(12)16-9-11-5-2-1-3-6-11/h1-3,5-6,10H,4,7-9H2. The third kappa shape index (κ3) is 2.89. The zero-order valence-electron chi connectivity index (χ0n) is 9.02. The van der Waals surface area contributed by atoms with Gasteiger partial charge in [0.2, 0.25) is 0 Å². The number of rotatable bonds is 5. The zero-order valence-corrected chi connectivity index (χ0v) is 9.83. The number of allylic oxidation sites excluding steroid dienone is 2. The van der Waals surface area contributed by atoms with Crippen LogP contribution in [0.4, 0.5) is 0 Å². The smallest absolute Gasteiger partial charge is 0.298 e. The highest BCUT2D eigenvalue weighted by Gasteiger charge is 2.16. The molecule has 2 rings (SSSR count). The van der Waals surface area contributed by atoms with E-state index >= 15 is 0 Å². The van der Waals surface area contributed by atoms with Crippen LogP contribution in [-0.4, -0.2) is 6.47 Å². The van der Waals surface area contributed by atoms with Crippen molar-refractivity contribution in [3.05, 3.63) is 46.6 Å². The monoisotopic (exact) mass is 234 g/mol. The molecule has 0 fully saturated rings. The fraction of sp³-hybridized carbons (Fsp3) is 0.308. The Morgan fingerprint density at radius 3 is 2.81 bits per heavy atom. The Bertz CT molecular complexity index is 384. The molecule has 0 N–H and O–H groups in total. The number of carbonyl (C=O) groups is 1.